The average Bonchev–Trinajstić information content (AvgIpc) is 2.03. The first kappa shape index (κ1) is 10.2. The first-order valence-corrected chi connectivity index (χ1v) is 4.16. The van der Waals surface area contributed by atoms with E-state index in [1.165, 1.54) is 5.57 Å². The molecule has 0 aromatic rings. The number of hydrogen-bond donors (Lipinski definition) is 0. The predicted octanol–water partition coefficient (Wildman–Crippen LogP) is 2.99. The van der Waals surface area contributed by atoms with E-state index in [4.69, 9.17) is 0 Å². The Hall–Kier alpha value is -0.850. The van der Waals surface area contributed by atoms with Crippen molar-refractivity contribution in [2.24, 2.45) is 4.99 Å². The Morgan fingerprint density at radius 2 is 2.09 bits per heavy atom. The third kappa shape index (κ3) is 5.59. The predicted molar refractivity (Wildman–Crippen MR) is 52.2 cm³/mol. The molecule has 0 aliphatic heterocycles. The maximum Gasteiger partial charge on any atom is 0.0360 e. The first-order valence-electron chi connectivity index (χ1n) is 4.16. The first-order chi connectivity index (χ1) is 5.35. The van der Waals surface area contributed by atoms with E-state index in [1.54, 1.807) is 0 Å². The average molecular weight is 151 g/mol. The van der Waals surface area contributed by atoms with Crippen molar-refractivity contribution in [1.82, 2.24) is 0 Å². The Morgan fingerprint density at radius 1 is 1.36 bits per heavy atom. The Kier molecular flexibility index (Phi) is 6.70. The van der Waals surface area contributed by atoms with Gasteiger partial charge in [0.1, 0.15) is 0 Å². The normalized spacial score (nSPS) is 13.5. The van der Waals surface area contributed by atoms with Crippen LogP contribution in [0.25, 0.3) is 0 Å². The van der Waals surface area contributed by atoms with Crippen LogP contribution in [-0.2, 0) is 0 Å². The molecule has 1 heteroatoms. The number of rotatable bonds is 4. The molecule has 0 fully saturated rings. The van der Waals surface area contributed by atoms with Crippen molar-refractivity contribution in [2.45, 2.75) is 27.2 Å². The highest BCUT2D eigenvalue weighted by Crippen LogP contribution is 2.00. The summed E-state index contributed by atoms with van der Waals surface area (Å²) in [6, 6.07) is 0. The van der Waals surface area contributed by atoms with Gasteiger partial charge in [0.25, 0.3) is 0 Å². The van der Waals surface area contributed by atoms with Crippen LogP contribution in [-0.4, -0.2) is 12.8 Å². The monoisotopic (exact) mass is 151 g/mol. The van der Waals surface area contributed by atoms with Crippen LogP contribution in [0.3, 0.4) is 0 Å². The zero-order chi connectivity index (χ0) is 8.53. The highest BCUT2D eigenvalue weighted by atomic mass is 14.7. The van der Waals surface area contributed by atoms with Gasteiger partial charge in [0, 0.05) is 12.8 Å². The minimum atomic E-state index is 0.864. The molecule has 0 heterocycles. The molecule has 1 nitrogen and oxygen atoms in total. The van der Waals surface area contributed by atoms with Crippen molar-refractivity contribution in [3.63, 3.8) is 0 Å². The smallest absolute Gasteiger partial charge is 0.0360 e. The third-order valence-corrected chi connectivity index (χ3v) is 1.37. The molecule has 62 valence electrons. The summed E-state index contributed by atoms with van der Waals surface area (Å²) >= 11 is 0. The lowest BCUT2D eigenvalue weighted by molar-refractivity contribution is 1.13. The molecule has 0 atom stereocenters. The third-order valence-electron chi connectivity index (χ3n) is 1.37. The molecule has 0 aromatic heterocycles. The lowest BCUT2D eigenvalue weighted by Gasteiger charge is -1.91. The molecule has 0 rings (SSSR count). The molecule has 0 aromatic carbocycles. The van der Waals surface area contributed by atoms with Crippen molar-refractivity contribution in [3.8, 4) is 0 Å². The Labute approximate surface area is 69.5 Å². The zero-order valence-corrected chi connectivity index (χ0v) is 7.67. The Morgan fingerprint density at radius 3 is 2.55 bits per heavy atom. The topological polar surface area (TPSA) is 12.4 Å². The van der Waals surface area contributed by atoms with Crippen molar-refractivity contribution >= 4 is 6.21 Å². The molecule has 0 unspecified atom stereocenters. The van der Waals surface area contributed by atoms with Gasteiger partial charge in [0.15, 0.2) is 0 Å². The molecule has 0 amide bonds. The SMILES string of the molecule is CC=C/C(=C\C=N/CC)CC. The molecule has 0 bridgehead atoms. The largest absolute Gasteiger partial charge is 0.293 e. The van der Waals surface area contributed by atoms with Crippen LogP contribution in [0.5, 0.6) is 0 Å². The van der Waals surface area contributed by atoms with Gasteiger partial charge < -0.3 is 0 Å². The molecule has 0 saturated carbocycles. The van der Waals surface area contributed by atoms with Gasteiger partial charge >= 0.3 is 0 Å². The zero-order valence-electron chi connectivity index (χ0n) is 7.67. The molecular formula is C10H17N. The van der Waals surface area contributed by atoms with Crippen LogP contribution >= 0.6 is 0 Å². The van der Waals surface area contributed by atoms with E-state index in [-0.39, 0.29) is 0 Å². The second-order valence-electron chi connectivity index (χ2n) is 2.24. The second-order valence-corrected chi connectivity index (χ2v) is 2.24. The molecule has 0 saturated heterocycles. The quantitative estimate of drug-likeness (QED) is 0.432. The van der Waals surface area contributed by atoms with Crippen LogP contribution in [0.15, 0.2) is 28.8 Å². The highest BCUT2D eigenvalue weighted by Gasteiger charge is 1.82. The van der Waals surface area contributed by atoms with E-state index in [9.17, 15) is 0 Å². The highest BCUT2D eigenvalue weighted by molar-refractivity contribution is 5.72. The van der Waals surface area contributed by atoms with E-state index >= 15 is 0 Å². The summed E-state index contributed by atoms with van der Waals surface area (Å²) < 4.78 is 0. The molecule has 0 radical (unpaired) electrons. The maximum atomic E-state index is 4.11. The van der Waals surface area contributed by atoms with Gasteiger partial charge in [0.05, 0.1) is 0 Å². The molecule has 11 heavy (non-hydrogen) atoms. The van der Waals surface area contributed by atoms with Crippen molar-refractivity contribution in [2.75, 3.05) is 6.54 Å². The Balaban J connectivity index is 4.00. The summed E-state index contributed by atoms with van der Waals surface area (Å²) in [6.45, 7) is 7.07. The molecule has 0 aliphatic rings. The summed E-state index contributed by atoms with van der Waals surface area (Å²) in [6.07, 6.45) is 9.17. The fourth-order valence-corrected chi connectivity index (χ4v) is 0.759. The van der Waals surface area contributed by atoms with Crippen molar-refractivity contribution < 1.29 is 0 Å². The summed E-state index contributed by atoms with van der Waals surface area (Å²) in [5, 5.41) is 0. The fourth-order valence-electron chi connectivity index (χ4n) is 0.759. The van der Waals surface area contributed by atoms with Gasteiger partial charge in [-0.05, 0) is 31.9 Å². The molecular weight excluding hydrogens is 134 g/mol. The summed E-state index contributed by atoms with van der Waals surface area (Å²) in [5.41, 5.74) is 1.32. The van der Waals surface area contributed by atoms with E-state index in [0.717, 1.165) is 13.0 Å². The number of allylic oxidation sites excluding steroid dienone is 4. The van der Waals surface area contributed by atoms with E-state index in [1.807, 2.05) is 20.1 Å². The number of aliphatic imine (C=N–C) groups is 1. The van der Waals surface area contributed by atoms with Gasteiger partial charge in [0.2, 0.25) is 0 Å². The number of hydrogen-bond acceptors (Lipinski definition) is 1. The summed E-state index contributed by atoms with van der Waals surface area (Å²) in [4.78, 5) is 4.11. The lowest BCUT2D eigenvalue weighted by Crippen LogP contribution is -1.76. The standard InChI is InChI=1S/C10H17N/c1-4-7-10(5-2)8-9-11-6-3/h4,7-9H,5-6H2,1-3H3/b7-4?,10-8-,11-9-. The van der Waals surface area contributed by atoms with Crippen LogP contribution in [0.2, 0.25) is 0 Å². The van der Waals surface area contributed by atoms with Gasteiger partial charge in [-0.15, -0.1) is 0 Å². The van der Waals surface area contributed by atoms with Gasteiger partial charge in [-0.3, -0.25) is 4.99 Å². The minimum absolute atomic E-state index is 0.864. The van der Waals surface area contributed by atoms with Crippen LogP contribution in [0.1, 0.15) is 27.2 Å². The van der Waals surface area contributed by atoms with Crippen molar-refractivity contribution in [1.29, 1.82) is 0 Å². The second kappa shape index (κ2) is 7.26. The van der Waals surface area contributed by atoms with Crippen LogP contribution < -0.4 is 0 Å². The molecule has 0 N–H and O–H groups in total. The maximum absolute atomic E-state index is 4.11. The van der Waals surface area contributed by atoms with Crippen LogP contribution in [0.4, 0.5) is 0 Å². The summed E-state index contributed by atoms with van der Waals surface area (Å²) in [7, 11) is 0. The number of nitrogens with zero attached hydrogens (tertiary/aromatic N) is 1. The van der Waals surface area contributed by atoms with Gasteiger partial charge in [-0.2, -0.15) is 0 Å². The van der Waals surface area contributed by atoms with Crippen LogP contribution in [0, 0.1) is 0 Å². The minimum Gasteiger partial charge on any atom is -0.293 e. The summed E-state index contributed by atoms with van der Waals surface area (Å²) in [5.74, 6) is 0. The fraction of sp³-hybridized carbons (Fsp3) is 0.500. The Bertz CT molecular complexity index is 164. The van der Waals surface area contributed by atoms with E-state index < -0.39 is 0 Å². The molecule has 0 aliphatic carbocycles. The molecule has 0 spiro atoms. The van der Waals surface area contributed by atoms with E-state index in [0.29, 0.717) is 0 Å². The lowest BCUT2D eigenvalue weighted by atomic mass is 10.2. The van der Waals surface area contributed by atoms with Gasteiger partial charge in [-0.1, -0.05) is 19.1 Å². The van der Waals surface area contributed by atoms with E-state index in [2.05, 4.69) is 30.1 Å². The van der Waals surface area contributed by atoms with Crippen molar-refractivity contribution in [3.05, 3.63) is 23.8 Å². The van der Waals surface area contributed by atoms with Gasteiger partial charge in [-0.25, -0.2) is 0 Å².